The van der Waals surface area contributed by atoms with Crippen LogP contribution >= 0.6 is 0 Å². The average molecular weight is 1120 g/mol. The van der Waals surface area contributed by atoms with Gasteiger partial charge in [0.1, 0.15) is 58.4 Å². The standard InChI is InChI=1S/C25H40N2O6.C23H29NO8.C9H18N2O2.CH4.H2/c1-17(2)6-7-20-24(4,33-20)22-21(30-5)19(8-10-25(22)16-31-25)32-23(29)27-14-12-26(13-15-27)11-9-18(3)28;1-14(2)5-10-18-22(3,32-18)20-19(28-4)17(11-12-23(20)13-29-23)31-21(25)30-16-8-6-15(7-9-16)24(26)27;1-2-13-9(12)3-6-11-7-4-10-5-8-11;;/h6,19-22H,7-16H2,1-5H3;5-9,17-20H,10-13H2,1-4H3;10H,2-8H2,1H3;1H4;1H/t19-,20-,21-,22-,24-,25+;17-,18-,19-,20-,22-,23+;;;/m11.../s1/i;;;;1+1D. The Morgan fingerprint density at radius 2 is 1.24 bits per heavy atom. The number of hydrogen-bond donors (Lipinski definition) is 1. The first-order valence-electron chi connectivity index (χ1n) is 29.0. The Morgan fingerprint density at radius 3 is 1.68 bits per heavy atom. The third-order valence-electron chi connectivity index (χ3n) is 16.8. The molecule has 0 unspecified atom stereocenters. The molecule has 2 aliphatic carbocycles. The van der Waals surface area contributed by atoms with Gasteiger partial charge in [-0.2, -0.15) is 0 Å². The highest BCUT2D eigenvalue weighted by Crippen LogP contribution is 2.61. The van der Waals surface area contributed by atoms with Gasteiger partial charge in [0.25, 0.3) is 5.69 Å². The Morgan fingerprint density at radius 1 is 0.759 bits per heavy atom. The maximum Gasteiger partial charge on any atom is 0.514 e. The summed E-state index contributed by atoms with van der Waals surface area (Å²) in [5, 5.41) is 14.0. The van der Waals surface area contributed by atoms with Gasteiger partial charge in [-0.15, -0.1) is 0 Å². The zero-order valence-corrected chi connectivity index (χ0v) is 47.8. The van der Waals surface area contributed by atoms with E-state index in [1.165, 1.54) is 35.4 Å². The number of non-ortho nitro benzene ring substituents is 1. The predicted octanol–water partition coefficient (Wildman–Crippen LogP) is 7.71. The van der Waals surface area contributed by atoms with Gasteiger partial charge in [-0.1, -0.05) is 30.7 Å². The fourth-order valence-electron chi connectivity index (χ4n) is 12.1. The molecule has 1 aromatic carbocycles. The fourth-order valence-corrected chi connectivity index (χ4v) is 12.1. The first-order valence-corrected chi connectivity index (χ1v) is 28.0. The number of carbonyl (C=O) groups is 4. The van der Waals surface area contributed by atoms with Gasteiger partial charge in [0, 0.05) is 101 Å². The fraction of sp³-hybridized carbons (Fsp3) is 0.759. The van der Waals surface area contributed by atoms with Crippen molar-refractivity contribution in [3.05, 3.63) is 57.7 Å². The molecule has 21 nitrogen and oxygen atoms in total. The number of methoxy groups -OCH3 is 2. The van der Waals surface area contributed by atoms with Gasteiger partial charge < -0.3 is 62.5 Å². The van der Waals surface area contributed by atoms with Crippen molar-refractivity contribution in [1.82, 2.24) is 20.0 Å². The molecule has 1 N–H and O–H groups in total. The number of hydrogen-bond acceptors (Lipinski definition) is 19. The molecule has 9 rings (SSSR count). The lowest BCUT2D eigenvalue weighted by Crippen LogP contribution is -2.57. The normalized spacial score (nSPS) is 33.3. The van der Waals surface area contributed by atoms with E-state index < -0.39 is 28.9 Å². The van der Waals surface area contributed by atoms with Gasteiger partial charge in [0.05, 0.1) is 55.2 Å². The Kier molecular flexibility index (Phi) is 21.9. The van der Waals surface area contributed by atoms with Gasteiger partial charge in [-0.05, 0) is 106 Å². The lowest BCUT2D eigenvalue weighted by molar-refractivity contribution is -0.384. The number of benzene rings is 1. The topological polar surface area (TPSA) is 239 Å². The van der Waals surface area contributed by atoms with Crippen molar-refractivity contribution in [2.45, 2.75) is 173 Å². The number of rotatable bonds is 19. The van der Waals surface area contributed by atoms with E-state index in [0.29, 0.717) is 52.2 Å². The van der Waals surface area contributed by atoms with E-state index >= 15 is 0 Å². The van der Waals surface area contributed by atoms with Crippen LogP contribution in [0.5, 0.6) is 5.75 Å². The van der Waals surface area contributed by atoms with E-state index in [-0.39, 0.29) is 89.8 Å². The summed E-state index contributed by atoms with van der Waals surface area (Å²) in [5.74, 6) is 0.231. The number of nitrogens with one attached hydrogen (secondary N) is 1. The molecule has 0 radical (unpaired) electrons. The molecule has 0 aromatic heterocycles. The van der Waals surface area contributed by atoms with Crippen molar-refractivity contribution in [3.63, 3.8) is 0 Å². The monoisotopic (exact) mass is 1120 g/mol. The van der Waals surface area contributed by atoms with Gasteiger partial charge in [0.15, 0.2) is 0 Å². The highest BCUT2D eigenvalue weighted by molar-refractivity contribution is 5.75. The number of Topliss-reactive ketones (excluding diaryl/α,β-unsaturated/α-hetero) is 1. The average Bonchev–Trinajstić information content (AvgIpc) is 3.01. The highest BCUT2D eigenvalue weighted by Gasteiger charge is 2.73. The summed E-state index contributed by atoms with van der Waals surface area (Å²) < 4.78 is 67.9. The number of esters is 1. The molecule has 2 spiro atoms. The van der Waals surface area contributed by atoms with Crippen LogP contribution in [-0.2, 0) is 52.2 Å². The van der Waals surface area contributed by atoms with E-state index in [1.54, 1.807) is 26.0 Å². The van der Waals surface area contributed by atoms with Crippen molar-refractivity contribution < 1.29 is 74.4 Å². The number of carbonyl (C=O) groups excluding carboxylic acids is 4. The van der Waals surface area contributed by atoms with Crippen LogP contribution in [0.3, 0.4) is 0 Å². The van der Waals surface area contributed by atoms with Gasteiger partial charge in [-0.25, -0.2) is 9.59 Å². The lowest BCUT2D eigenvalue weighted by Gasteiger charge is -2.43. The molecule has 79 heavy (non-hydrogen) atoms. The number of epoxide rings is 4. The zero-order valence-electron chi connectivity index (χ0n) is 49.8. The third-order valence-corrected chi connectivity index (χ3v) is 16.8. The van der Waals surface area contributed by atoms with Crippen LogP contribution in [0.25, 0.3) is 0 Å². The van der Waals surface area contributed by atoms with Crippen LogP contribution in [-0.4, -0.2) is 202 Å². The van der Waals surface area contributed by atoms with Crippen LogP contribution in [0.4, 0.5) is 15.3 Å². The van der Waals surface area contributed by atoms with E-state index in [0.717, 1.165) is 84.5 Å². The van der Waals surface area contributed by atoms with Crippen LogP contribution < -0.4 is 10.1 Å². The number of nitrogens with zero attached hydrogens (tertiary/aromatic N) is 4. The summed E-state index contributed by atoms with van der Waals surface area (Å²) >= 11 is 0. The summed E-state index contributed by atoms with van der Waals surface area (Å²) in [4.78, 5) is 64.2. The highest BCUT2D eigenvalue weighted by atomic mass is 16.7. The zero-order chi connectivity index (χ0) is 58.4. The summed E-state index contributed by atoms with van der Waals surface area (Å²) in [6.07, 6.45) is 7.59. The molecule has 6 aliphatic heterocycles. The van der Waals surface area contributed by atoms with E-state index in [9.17, 15) is 29.3 Å². The molecule has 1 amide bonds. The Hall–Kier alpha value is -4.58. The molecule has 2 saturated carbocycles. The van der Waals surface area contributed by atoms with E-state index in [4.69, 9.17) is 50.3 Å². The molecule has 1 aromatic rings. The van der Waals surface area contributed by atoms with E-state index in [2.05, 4.69) is 68.8 Å². The van der Waals surface area contributed by atoms with Gasteiger partial charge in [-0.3, -0.25) is 24.6 Å². The Bertz CT molecular complexity index is 2280. The molecule has 0 bridgehead atoms. The number of amides is 1. The van der Waals surface area contributed by atoms with Crippen LogP contribution in [0.2, 0.25) is 0 Å². The summed E-state index contributed by atoms with van der Waals surface area (Å²) in [6.45, 7) is 26.3. The molecular weight excluding hydrogens is 1020 g/mol. The van der Waals surface area contributed by atoms with Crippen molar-refractivity contribution >= 4 is 29.7 Å². The van der Waals surface area contributed by atoms with Gasteiger partial charge in [0.2, 0.25) is 0 Å². The second-order valence-electron chi connectivity index (χ2n) is 22.9. The summed E-state index contributed by atoms with van der Waals surface area (Å²) in [7, 11) is 3.30. The minimum Gasteiger partial charge on any atom is -0.466 e. The van der Waals surface area contributed by atoms with Gasteiger partial charge >= 0.3 is 18.2 Å². The first-order chi connectivity index (χ1) is 38.2. The minimum atomic E-state index is -0.875. The largest absolute Gasteiger partial charge is 0.514 e. The quantitative estimate of drug-likeness (QED) is 0.0265. The SMILES string of the molecule is C.CCOC(=O)CCN1CCNCC1.CO[C@@H]1[C@H](OC(=O)N2CCN(CCC(C)=O)CC2)CC[C@]2(CO2)[C@H]1[C@]1(C)O[C@@H]1CC=C(C)C.CO[C@@H]1[C@H](OC(=O)Oc2ccc([N+](=O)[O-])cc2)CC[C@]2(CO2)[C@H]1[C@]1(C)O[C@@H]1CC=C(C)C.[2H][2H]. The minimum absolute atomic E-state index is 0. The second-order valence-corrected chi connectivity index (χ2v) is 22.9. The summed E-state index contributed by atoms with van der Waals surface area (Å²) in [5.41, 5.74) is 1.14. The van der Waals surface area contributed by atoms with Crippen molar-refractivity contribution in [1.29, 1.82) is 0 Å². The number of ether oxygens (including phenoxy) is 10. The van der Waals surface area contributed by atoms with Crippen molar-refractivity contribution in [3.8, 4) is 5.75 Å². The maximum atomic E-state index is 13.0. The third kappa shape index (κ3) is 16.6. The molecule has 21 heteroatoms. The molecule has 446 valence electrons. The van der Waals surface area contributed by atoms with E-state index in [1.807, 2.05) is 6.92 Å². The lowest BCUT2D eigenvalue weighted by atomic mass is 9.68. The molecule has 12 atom stereocenters. The first kappa shape index (κ1) is 62.0. The molecular formula is C58H93N5O16. The molecule has 6 heterocycles. The number of ketones is 1. The number of allylic oxidation sites excluding steroid dienone is 2. The molecule has 6 saturated heterocycles. The number of piperazine rings is 2. The van der Waals surface area contributed by atoms with Crippen LogP contribution in [0.15, 0.2) is 47.6 Å². The maximum absolute atomic E-state index is 13.0. The summed E-state index contributed by atoms with van der Waals surface area (Å²) in [6, 6.07) is 5.25. The van der Waals surface area contributed by atoms with Crippen molar-refractivity contribution in [2.75, 3.05) is 99.5 Å². The predicted molar refractivity (Wildman–Crippen MR) is 296 cm³/mol. The van der Waals surface area contributed by atoms with Crippen LogP contribution in [0, 0.1) is 22.0 Å². The Balaban J connectivity index is 0.000000236. The smallest absolute Gasteiger partial charge is 0.466 e. The van der Waals surface area contributed by atoms with Crippen LogP contribution in [0.1, 0.15) is 117 Å². The number of nitro groups is 1. The van der Waals surface area contributed by atoms with Crippen molar-refractivity contribution in [2.24, 2.45) is 11.8 Å². The number of nitro benzene ring substituents is 1. The molecule has 8 fully saturated rings. The Labute approximate surface area is 470 Å². The molecule has 8 aliphatic rings. The second kappa shape index (κ2) is 27.9.